The molecule has 6 rings (SSSR count). The largest absolute Gasteiger partial charge is 0.344 e. The molecule has 7 heteroatoms. The molecule has 0 radical (unpaired) electrons. The van der Waals surface area contributed by atoms with Crippen molar-refractivity contribution in [2.24, 2.45) is 18.4 Å². The minimum Gasteiger partial charge on any atom is -0.344 e. The quantitative estimate of drug-likeness (QED) is 0.375. The van der Waals surface area contributed by atoms with Crippen LogP contribution in [0, 0.1) is 17.2 Å². The molecule has 37 heavy (non-hydrogen) atoms. The second-order valence-electron chi connectivity index (χ2n) is 10.5. The first-order chi connectivity index (χ1) is 17.9. The molecule has 0 saturated heterocycles. The van der Waals surface area contributed by atoms with Gasteiger partial charge in [0.1, 0.15) is 11.5 Å². The van der Waals surface area contributed by atoms with Crippen molar-refractivity contribution >= 4 is 12.0 Å². The highest BCUT2D eigenvalue weighted by Gasteiger charge is 2.46. The Balaban J connectivity index is 1.28. The molecule has 3 atom stereocenters. The number of benzene rings is 2. The first-order valence-corrected chi connectivity index (χ1v) is 12.8. The summed E-state index contributed by atoms with van der Waals surface area (Å²) in [7, 11) is 1.83. The third-order valence-electron chi connectivity index (χ3n) is 8.30. The van der Waals surface area contributed by atoms with E-state index in [0.29, 0.717) is 11.6 Å². The molecule has 6 nitrogen and oxygen atoms in total. The van der Waals surface area contributed by atoms with Crippen molar-refractivity contribution in [1.29, 1.82) is 0 Å². The van der Waals surface area contributed by atoms with Crippen LogP contribution in [0.15, 0.2) is 78.9 Å². The predicted octanol–water partition coefficient (Wildman–Crippen LogP) is 5.66. The summed E-state index contributed by atoms with van der Waals surface area (Å²) >= 11 is 0. The Kier molecular flexibility index (Phi) is 5.78. The van der Waals surface area contributed by atoms with Gasteiger partial charge in [-0.15, -0.1) is 0 Å². The molecule has 1 saturated carbocycles. The maximum absolute atomic E-state index is 13.5. The van der Waals surface area contributed by atoms with Crippen LogP contribution in [0.5, 0.6) is 0 Å². The Morgan fingerprint density at radius 1 is 1.16 bits per heavy atom. The van der Waals surface area contributed by atoms with Crippen LogP contribution in [0.1, 0.15) is 59.5 Å². The number of allylic oxidation sites excluding steroid dienone is 1. The van der Waals surface area contributed by atoms with Crippen molar-refractivity contribution in [3.8, 4) is 5.69 Å². The fourth-order valence-electron chi connectivity index (χ4n) is 6.16. The van der Waals surface area contributed by atoms with E-state index in [1.807, 2.05) is 36.1 Å². The Morgan fingerprint density at radius 3 is 2.68 bits per heavy atom. The van der Waals surface area contributed by atoms with Crippen LogP contribution in [0.4, 0.5) is 4.39 Å². The van der Waals surface area contributed by atoms with Gasteiger partial charge in [0.2, 0.25) is 0 Å². The molecule has 2 aromatic carbocycles. The SMILES string of the molecule is Cn1cncc1C(=O)NC(C[C@H]1CCC2=Cc3c(cnn3-c3ccc(F)cc3)C[C@@]21C)c1ccccc1. The van der Waals surface area contributed by atoms with Gasteiger partial charge < -0.3 is 9.88 Å². The Bertz CT molecular complexity index is 1470. The number of aryl methyl sites for hydroxylation is 1. The van der Waals surface area contributed by atoms with E-state index in [1.54, 1.807) is 29.2 Å². The van der Waals surface area contributed by atoms with Gasteiger partial charge in [-0.25, -0.2) is 14.1 Å². The van der Waals surface area contributed by atoms with Gasteiger partial charge in [0.05, 0.1) is 36.1 Å². The number of hydrogen-bond acceptors (Lipinski definition) is 3. The highest BCUT2D eigenvalue weighted by Crippen LogP contribution is 2.55. The van der Waals surface area contributed by atoms with Crippen molar-refractivity contribution in [2.75, 3.05) is 0 Å². The fraction of sp³-hybridized carbons (Fsp3) is 0.300. The molecule has 4 aromatic rings. The predicted molar refractivity (Wildman–Crippen MR) is 141 cm³/mol. The second kappa shape index (κ2) is 9.14. The molecule has 2 aliphatic rings. The topological polar surface area (TPSA) is 64.7 Å². The van der Waals surface area contributed by atoms with Crippen LogP contribution in [-0.4, -0.2) is 25.2 Å². The lowest BCUT2D eigenvalue weighted by Crippen LogP contribution is -2.35. The van der Waals surface area contributed by atoms with Crippen molar-refractivity contribution in [3.63, 3.8) is 0 Å². The number of carbonyl (C=O) groups excluding carboxylic acids is 1. The van der Waals surface area contributed by atoms with Crippen LogP contribution in [0.2, 0.25) is 0 Å². The van der Waals surface area contributed by atoms with Gasteiger partial charge in [0.15, 0.2) is 0 Å². The molecule has 1 amide bonds. The number of nitrogens with one attached hydrogen (secondary N) is 1. The summed E-state index contributed by atoms with van der Waals surface area (Å²) in [6.07, 6.45) is 11.3. The molecular weight excluding hydrogens is 465 g/mol. The number of imidazole rings is 1. The summed E-state index contributed by atoms with van der Waals surface area (Å²) in [6, 6.07) is 16.6. The average Bonchev–Trinajstić information content (AvgIpc) is 3.60. The number of rotatable bonds is 6. The Morgan fingerprint density at radius 2 is 1.95 bits per heavy atom. The zero-order valence-electron chi connectivity index (χ0n) is 21.1. The minimum absolute atomic E-state index is 0.00601. The maximum Gasteiger partial charge on any atom is 0.270 e. The summed E-state index contributed by atoms with van der Waals surface area (Å²) in [5.74, 6) is 0.0372. The highest BCUT2D eigenvalue weighted by molar-refractivity contribution is 5.92. The van der Waals surface area contributed by atoms with Crippen molar-refractivity contribution < 1.29 is 9.18 Å². The van der Waals surface area contributed by atoms with Crippen LogP contribution in [0.25, 0.3) is 11.8 Å². The zero-order chi connectivity index (χ0) is 25.6. The second-order valence-corrected chi connectivity index (χ2v) is 10.5. The molecule has 1 fully saturated rings. The van der Waals surface area contributed by atoms with E-state index < -0.39 is 0 Å². The third kappa shape index (κ3) is 4.18. The zero-order valence-corrected chi connectivity index (χ0v) is 21.1. The lowest BCUT2D eigenvalue weighted by Gasteiger charge is -2.37. The van der Waals surface area contributed by atoms with Gasteiger partial charge in [-0.1, -0.05) is 42.8 Å². The van der Waals surface area contributed by atoms with Gasteiger partial charge in [0.25, 0.3) is 5.91 Å². The molecule has 1 N–H and O–H groups in total. The van der Waals surface area contributed by atoms with Gasteiger partial charge in [-0.2, -0.15) is 5.10 Å². The number of hydrogen-bond donors (Lipinski definition) is 1. The third-order valence-corrected chi connectivity index (χ3v) is 8.30. The minimum atomic E-state index is -0.252. The summed E-state index contributed by atoms with van der Waals surface area (Å²) in [5, 5.41) is 7.95. The van der Waals surface area contributed by atoms with Crippen LogP contribution >= 0.6 is 0 Å². The monoisotopic (exact) mass is 495 g/mol. The normalized spacial score (nSPS) is 21.2. The van der Waals surface area contributed by atoms with Gasteiger partial charge in [0, 0.05) is 7.05 Å². The lowest BCUT2D eigenvalue weighted by atomic mass is 9.68. The number of amides is 1. The van der Waals surface area contributed by atoms with Crippen LogP contribution in [0.3, 0.4) is 0 Å². The van der Waals surface area contributed by atoms with Crippen molar-refractivity contribution in [2.45, 2.75) is 38.6 Å². The van der Waals surface area contributed by atoms with Crippen LogP contribution < -0.4 is 5.32 Å². The van der Waals surface area contributed by atoms with E-state index in [0.717, 1.165) is 42.6 Å². The molecule has 0 bridgehead atoms. The number of fused-ring (bicyclic) bond motifs is 2. The number of nitrogens with zero attached hydrogens (tertiary/aromatic N) is 4. The molecule has 1 unspecified atom stereocenters. The lowest BCUT2D eigenvalue weighted by molar-refractivity contribution is 0.0915. The van der Waals surface area contributed by atoms with Crippen LogP contribution in [-0.2, 0) is 13.5 Å². The molecule has 188 valence electrons. The van der Waals surface area contributed by atoms with Gasteiger partial charge >= 0.3 is 0 Å². The number of carbonyl (C=O) groups is 1. The van der Waals surface area contributed by atoms with E-state index in [2.05, 4.69) is 40.5 Å². The molecule has 2 heterocycles. The summed E-state index contributed by atoms with van der Waals surface area (Å²) < 4.78 is 17.1. The van der Waals surface area contributed by atoms with Gasteiger partial charge in [-0.3, -0.25) is 4.79 Å². The molecular formula is C30H30FN5O. The Hall–Kier alpha value is -4.00. The smallest absolute Gasteiger partial charge is 0.270 e. The number of halogens is 1. The van der Waals surface area contributed by atoms with E-state index in [4.69, 9.17) is 0 Å². The average molecular weight is 496 g/mol. The number of aromatic nitrogens is 4. The summed E-state index contributed by atoms with van der Waals surface area (Å²) in [6.45, 7) is 2.36. The fourth-order valence-corrected chi connectivity index (χ4v) is 6.16. The standard InChI is InChI=1S/C30H30FN5O/c1-30-16-21-17-33-36(25-12-10-24(31)11-13-25)27(21)15-23(30)9-8-22(30)14-26(20-6-4-3-5-7-20)34-29(37)28-18-32-19-35(28)2/h3-7,10-13,15,17-19,22,26H,8-9,14,16H2,1-2H3,(H,34,37)/t22-,26?,30-/m1/s1. The van der Waals surface area contributed by atoms with E-state index in [1.165, 1.54) is 23.3 Å². The van der Waals surface area contributed by atoms with E-state index in [-0.39, 0.29) is 23.2 Å². The first-order valence-electron chi connectivity index (χ1n) is 12.8. The van der Waals surface area contributed by atoms with Gasteiger partial charge in [-0.05, 0) is 78.5 Å². The van der Waals surface area contributed by atoms with Crippen molar-refractivity contribution in [1.82, 2.24) is 24.6 Å². The van der Waals surface area contributed by atoms with Crippen molar-refractivity contribution in [3.05, 3.63) is 107 Å². The molecule has 0 aliphatic heterocycles. The molecule has 2 aliphatic carbocycles. The molecule has 2 aromatic heterocycles. The van der Waals surface area contributed by atoms with E-state index in [9.17, 15) is 9.18 Å². The van der Waals surface area contributed by atoms with E-state index >= 15 is 0 Å². The highest BCUT2D eigenvalue weighted by atomic mass is 19.1. The maximum atomic E-state index is 13.5. The molecule has 0 spiro atoms. The summed E-state index contributed by atoms with van der Waals surface area (Å²) in [4.78, 5) is 17.3. The Labute approximate surface area is 215 Å². The first kappa shape index (κ1) is 23.4. The summed E-state index contributed by atoms with van der Waals surface area (Å²) in [5.41, 5.74) is 6.24.